The smallest absolute Gasteiger partial charge is 0.347 e. The van der Waals surface area contributed by atoms with Gasteiger partial charge in [0.05, 0.1) is 12.9 Å². The Hall–Kier alpha value is -0.680. The third-order valence-electron chi connectivity index (χ3n) is 0.820. The van der Waals surface area contributed by atoms with Crippen LogP contribution < -0.4 is 0 Å². The summed E-state index contributed by atoms with van der Waals surface area (Å²) in [5.41, 5.74) is 0. The molecule has 0 heterocycles. The Morgan fingerprint density at radius 2 is 2.25 bits per heavy atom. The molecule has 0 rings (SSSR count). The van der Waals surface area contributed by atoms with Gasteiger partial charge in [0.15, 0.2) is 0 Å². The number of carbonyl (C=O) groups is 2. The number of halogens is 1. The third kappa shape index (κ3) is 5.03. The summed E-state index contributed by atoms with van der Waals surface area (Å²) in [6.07, 6.45) is 0. The zero-order chi connectivity index (χ0) is 9.56. The molecule has 4 nitrogen and oxygen atoms in total. The van der Waals surface area contributed by atoms with E-state index in [1.807, 2.05) is 0 Å². The maximum atomic E-state index is 10.5. The molecule has 0 aromatic rings. The fourth-order valence-electron chi connectivity index (χ4n) is 0.292. The molecule has 0 aliphatic heterocycles. The van der Waals surface area contributed by atoms with Crippen LogP contribution in [0, 0.1) is 0 Å². The molecule has 0 radical (unpaired) electrons. The standard InChI is InChI=1S/C6H7ClO4S/c1-11-5(8)3-12-2-4(7)6(9)10/h2H,3H2,1H3,(H,9,10)/b4-2-. The second kappa shape index (κ2) is 5.91. The highest BCUT2D eigenvalue weighted by Crippen LogP contribution is 2.10. The first-order chi connectivity index (χ1) is 5.57. The Balaban J connectivity index is 3.75. The van der Waals surface area contributed by atoms with Gasteiger partial charge in [0.1, 0.15) is 5.03 Å². The number of esters is 1. The van der Waals surface area contributed by atoms with E-state index in [0.29, 0.717) is 0 Å². The summed E-state index contributed by atoms with van der Waals surface area (Å²) in [6, 6.07) is 0. The lowest BCUT2D eigenvalue weighted by molar-refractivity contribution is -0.137. The lowest BCUT2D eigenvalue weighted by Gasteiger charge is -1.94. The number of methoxy groups -OCH3 is 1. The molecule has 68 valence electrons. The van der Waals surface area contributed by atoms with Crippen LogP contribution in [0.25, 0.3) is 0 Å². The molecular weight excluding hydrogens is 204 g/mol. The van der Waals surface area contributed by atoms with Crippen molar-refractivity contribution in [3.8, 4) is 0 Å². The van der Waals surface area contributed by atoms with E-state index in [9.17, 15) is 9.59 Å². The van der Waals surface area contributed by atoms with Gasteiger partial charge in [0.2, 0.25) is 0 Å². The molecule has 0 saturated heterocycles. The highest BCUT2D eigenvalue weighted by molar-refractivity contribution is 8.02. The number of carbonyl (C=O) groups excluding carboxylic acids is 1. The zero-order valence-electron chi connectivity index (χ0n) is 6.24. The monoisotopic (exact) mass is 210 g/mol. The number of aliphatic carboxylic acids is 1. The van der Waals surface area contributed by atoms with Crippen molar-refractivity contribution in [3.05, 3.63) is 10.4 Å². The molecule has 0 aliphatic rings. The van der Waals surface area contributed by atoms with Gasteiger partial charge in [-0.25, -0.2) is 4.79 Å². The van der Waals surface area contributed by atoms with Gasteiger partial charge in [-0.1, -0.05) is 11.6 Å². The number of thioether (sulfide) groups is 1. The SMILES string of the molecule is COC(=O)CS/C=C(\Cl)C(=O)O. The van der Waals surface area contributed by atoms with Crippen molar-refractivity contribution < 1.29 is 19.4 Å². The number of carboxylic acid groups (broad SMARTS) is 1. The molecule has 0 fully saturated rings. The summed E-state index contributed by atoms with van der Waals surface area (Å²) in [5.74, 6) is -1.58. The predicted octanol–water partition coefficient (Wildman–Crippen LogP) is 1.06. The molecule has 1 N–H and O–H groups in total. The number of rotatable bonds is 4. The maximum Gasteiger partial charge on any atom is 0.347 e. The fourth-order valence-corrected chi connectivity index (χ4v) is 1.07. The minimum absolute atomic E-state index is 0.0556. The van der Waals surface area contributed by atoms with Crippen molar-refractivity contribution in [2.24, 2.45) is 0 Å². The molecule has 0 aliphatic carbocycles. The van der Waals surface area contributed by atoms with Gasteiger partial charge in [-0.2, -0.15) is 0 Å². The molecule has 0 bridgehead atoms. The summed E-state index contributed by atoms with van der Waals surface area (Å²) < 4.78 is 4.31. The summed E-state index contributed by atoms with van der Waals surface area (Å²) in [5, 5.41) is 9.14. The van der Waals surface area contributed by atoms with Crippen LogP contribution in [0.2, 0.25) is 0 Å². The first-order valence-corrected chi connectivity index (χ1v) is 4.28. The van der Waals surface area contributed by atoms with Crippen LogP contribution in [-0.2, 0) is 14.3 Å². The van der Waals surface area contributed by atoms with E-state index >= 15 is 0 Å². The number of hydrogen-bond acceptors (Lipinski definition) is 4. The minimum Gasteiger partial charge on any atom is -0.477 e. The Morgan fingerprint density at radius 1 is 1.67 bits per heavy atom. The summed E-state index contributed by atoms with van der Waals surface area (Å²) in [6.45, 7) is 0. The molecule has 0 amide bonds. The third-order valence-corrected chi connectivity index (χ3v) is 2.02. The highest BCUT2D eigenvalue weighted by atomic mass is 35.5. The van der Waals surface area contributed by atoms with Gasteiger partial charge in [-0.05, 0) is 5.41 Å². The largest absolute Gasteiger partial charge is 0.477 e. The fraction of sp³-hybridized carbons (Fsp3) is 0.333. The topological polar surface area (TPSA) is 63.6 Å². The van der Waals surface area contributed by atoms with Crippen molar-refractivity contribution in [1.82, 2.24) is 0 Å². The second-order valence-electron chi connectivity index (χ2n) is 1.66. The van der Waals surface area contributed by atoms with E-state index < -0.39 is 11.9 Å². The molecule has 6 heteroatoms. The van der Waals surface area contributed by atoms with E-state index in [-0.39, 0.29) is 10.8 Å². The van der Waals surface area contributed by atoms with Gasteiger partial charge >= 0.3 is 11.9 Å². The van der Waals surface area contributed by atoms with Crippen LogP contribution in [0.1, 0.15) is 0 Å². The second-order valence-corrected chi connectivity index (χ2v) is 2.92. The minimum atomic E-state index is -1.21. The molecule has 0 unspecified atom stereocenters. The molecule has 0 aromatic carbocycles. The van der Waals surface area contributed by atoms with E-state index in [0.717, 1.165) is 11.8 Å². The number of carboxylic acids is 1. The quantitative estimate of drug-likeness (QED) is 0.555. The van der Waals surface area contributed by atoms with Crippen LogP contribution >= 0.6 is 23.4 Å². The molecule has 0 atom stereocenters. The first-order valence-electron chi connectivity index (χ1n) is 2.85. The van der Waals surface area contributed by atoms with Gasteiger partial charge in [0.25, 0.3) is 0 Å². The Bertz CT molecular complexity index is 214. The van der Waals surface area contributed by atoms with Gasteiger partial charge < -0.3 is 9.84 Å². The Morgan fingerprint density at radius 3 is 2.67 bits per heavy atom. The summed E-state index contributed by atoms with van der Waals surface area (Å²) >= 11 is 6.20. The van der Waals surface area contributed by atoms with Crippen LogP contribution in [0.5, 0.6) is 0 Å². The van der Waals surface area contributed by atoms with Gasteiger partial charge in [-0.3, -0.25) is 4.79 Å². The lowest BCUT2D eigenvalue weighted by atomic mass is 10.7. The van der Waals surface area contributed by atoms with Crippen molar-refractivity contribution in [1.29, 1.82) is 0 Å². The summed E-state index contributed by atoms with van der Waals surface area (Å²) in [4.78, 5) is 20.6. The molecule has 0 aromatic heterocycles. The average Bonchev–Trinajstić information content (AvgIpc) is 2.03. The van der Waals surface area contributed by atoms with Crippen molar-refractivity contribution in [2.45, 2.75) is 0 Å². The van der Waals surface area contributed by atoms with E-state index in [4.69, 9.17) is 16.7 Å². The van der Waals surface area contributed by atoms with E-state index in [1.165, 1.54) is 12.5 Å². The molecule has 12 heavy (non-hydrogen) atoms. The zero-order valence-corrected chi connectivity index (χ0v) is 7.82. The van der Waals surface area contributed by atoms with Crippen molar-refractivity contribution >= 4 is 35.3 Å². The van der Waals surface area contributed by atoms with Gasteiger partial charge in [0, 0.05) is 0 Å². The average molecular weight is 211 g/mol. The Kier molecular flexibility index (Phi) is 5.57. The van der Waals surface area contributed by atoms with Crippen LogP contribution in [0.15, 0.2) is 10.4 Å². The molecule has 0 spiro atoms. The Labute approximate surface area is 78.5 Å². The van der Waals surface area contributed by atoms with E-state index in [1.54, 1.807) is 0 Å². The van der Waals surface area contributed by atoms with Crippen LogP contribution in [0.4, 0.5) is 0 Å². The molecule has 0 saturated carbocycles. The summed E-state index contributed by atoms with van der Waals surface area (Å²) in [7, 11) is 1.26. The number of hydrogen-bond donors (Lipinski definition) is 1. The van der Waals surface area contributed by atoms with E-state index in [2.05, 4.69) is 4.74 Å². The van der Waals surface area contributed by atoms with Crippen LogP contribution in [-0.4, -0.2) is 29.9 Å². The maximum absolute atomic E-state index is 10.5. The molecular formula is C6H7ClO4S. The van der Waals surface area contributed by atoms with Gasteiger partial charge in [-0.15, -0.1) is 11.8 Å². The van der Waals surface area contributed by atoms with Crippen molar-refractivity contribution in [2.75, 3.05) is 12.9 Å². The normalized spacial score (nSPS) is 11.0. The van der Waals surface area contributed by atoms with Crippen LogP contribution in [0.3, 0.4) is 0 Å². The highest BCUT2D eigenvalue weighted by Gasteiger charge is 2.03. The van der Waals surface area contributed by atoms with Crippen molar-refractivity contribution in [3.63, 3.8) is 0 Å². The lowest BCUT2D eigenvalue weighted by Crippen LogP contribution is -2.02. The first kappa shape index (κ1) is 11.3. The number of ether oxygens (including phenoxy) is 1. The predicted molar refractivity (Wildman–Crippen MR) is 46.0 cm³/mol.